The van der Waals surface area contributed by atoms with Gasteiger partial charge in [0.15, 0.2) is 0 Å². The van der Waals surface area contributed by atoms with Crippen molar-refractivity contribution in [2.45, 2.75) is 19.8 Å². The predicted octanol–water partition coefficient (Wildman–Crippen LogP) is -0.250. The lowest BCUT2D eigenvalue weighted by atomic mass is 9.83. The molecule has 110 valence electrons. The van der Waals surface area contributed by atoms with Gasteiger partial charge < -0.3 is 9.84 Å². The molecule has 0 aromatic heterocycles. The molecule has 0 spiro atoms. The van der Waals surface area contributed by atoms with Gasteiger partial charge in [0, 0.05) is 26.2 Å². The minimum Gasteiger partial charge on any atom is -0.481 e. The van der Waals surface area contributed by atoms with Crippen molar-refractivity contribution < 1.29 is 23.1 Å². The van der Waals surface area contributed by atoms with Crippen molar-refractivity contribution in [1.82, 2.24) is 8.61 Å². The number of aliphatic carboxylic acids is 1. The summed E-state index contributed by atoms with van der Waals surface area (Å²) in [4.78, 5) is 11.3. The van der Waals surface area contributed by atoms with E-state index in [9.17, 15) is 18.3 Å². The van der Waals surface area contributed by atoms with Crippen molar-refractivity contribution in [1.29, 1.82) is 0 Å². The number of nitrogens with zero attached hydrogens (tertiary/aromatic N) is 2. The molecule has 8 heteroatoms. The molecule has 2 aliphatic rings. The second-order valence-corrected chi connectivity index (χ2v) is 7.25. The van der Waals surface area contributed by atoms with Gasteiger partial charge in [-0.3, -0.25) is 4.79 Å². The summed E-state index contributed by atoms with van der Waals surface area (Å²) >= 11 is 0. The number of morpholine rings is 1. The molecule has 2 heterocycles. The Morgan fingerprint density at radius 2 is 1.84 bits per heavy atom. The first-order valence-electron chi connectivity index (χ1n) is 6.43. The molecule has 0 aromatic carbocycles. The van der Waals surface area contributed by atoms with Crippen molar-refractivity contribution in [3.05, 3.63) is 0 Å². The molecule has 2 aliphatic heterocycles. The van der Waals surface area contributed by atoms with Gasteiger partial charge >= 0.3 is 5.97 Å². The first-order chi connectivity index (χ1) is 8.86. The van der Waals surface area contributed by atoms with E-state index in [1.54, 1.807) is 6.92 Å². The topological polar surface area (TPSA) is 87.2 Å². The summed E-state index contributed by atoms with van der Waals surface area (Å²) in [6.07, 6.45) is 1.09. The number of carboxylic acid groups (broad SMARTS) is 1. The first kappa shape index (κ1) is 14.7. The highest BCUT2D eigenvalue weighted by molar-refractivity contribution is 7.86. The van der Waals surface area contributed by atoms with Crippen molar-refractivity contribution >= 4 is 16.2 Å². The molecule has 1 atom stereocenters. The lowest BCUT2D eigenvalue weighted by Gasteiger charge is -2.39. The van der Waals surface area contributed by atoms with Gasteiger partial charge in [-0.05, 0) is 19.8 Å². The number of carboxylic acids is 1. The van der Waals surface area contributed by atoms with Gasteiger partial charge in [-0.2, -0.15) is 17.0 Å². The summed E-state index contributed by atoms with van der Waals surface area (Å²) in [6, 6.07) is 0. The second kappa shape index (κ2) is 5.35. The maximum Gasteiger partial charge on any atom is 0.310 e. The zero-order valence-corrected chi connectivity index (χ0v) is 11.9. The summed E-state index contributed by atoms with van der Waals surface area (Å²) < 4.78 is 32.7. The third-order valence-electron chi connectivity index (χ3n) is 3.80. The van der Waals surface area contributed by atoms with Gasteiger partial charge in [-0.1, -0.05) is 0 Å². The monoisotopic (exact) mass is 292 g/mol. The molecule has 7 nitrogen and oxygen atoms in total. The first-order valence-corrected chi connectivity index (χ1v) is 7.82. The van der Waals surface area contributed by atoms with Gasteiger partial charge in [-0.25, -0.2) is 0 Å². The third kappa shape index (κ3) is 2.91. The normalized spacial score (nSPS) is 31.2. The summed E-state index contributed by atoms with van der Waals surface area (Å²) in [5, 5.41) is 9.24. The van der Waals surface area contributed by atoms with E-state index in [2.05, 4.69) is 0 Å². The lowest BCUT2D eigenvalue weighted by Crippen LogP contribution is -2.54. The molecule has 0 radical (unpaired) electrons. The smallest absolute Gasteiger partial charge is 0.310 e. The fourth-order valence-electron chi connectivity index (χ4n) is 2.51. The number of rotatable bonds is 3. The predicted molar refractivity (Wildman–Crippen MR) is 67.9 cm³/mol. The lowest BCUT2D eigenvalue weighted by molar-refractivity contribution is -0.150. The van der Waals surface area contributed by atoms with Crippen LogP contribution < -0.4 is 0 Å². The number of hydrogen-bond donors (Lipinski definition) is 1. The van der Waals surface area contributed by atoms with E-state index >= 15 is 0 Å². The summed E-state index contributed by atoms with van der Waals surface area (Å²) in [6.45, 7) is 3.50. The SMILES string of the molecule is CC1(C(=O)O)CCCN(S(=O)(=O)N2CCOCC2)C1. The minimum atomic E-state index is -3.57. The molecule has 1 unspecified atom stereocenters. The largest absolute Gasteiger partial charge is 0.481 e. The fraction of sp³-hybridized carbons (Fsp3) is 0.909. The van der Waals surface area contributed by atoms with Crippen LogP contribution in [0.1, 0.15) is 19.8 Å². The maximum atomic E-state index is 12.5. The molecule has 1 N–H and O–H groups in total. The highest BCUT2D eigenvalue weighted by atomic mass is 32.2. The molecule has 19 heavy (non-hydrogen) atoms. The molecule has 2 rings (SSSR count). The molecule has 0 bridgehead atoms. The Morgan fingerprint density at radius 1 is 1.21 bits per heavy atom. The van der Waals surface area contributed by atoms with Crippen molar-refractivity contribution in [3.8, 4) is 0 Å². The van der Waals surface area contributed by atoms with Crippen molar-refractivity contribution in [2.24, 2.45) is 5.41 Å². The summed E-state index contributed by atoms with van der Waals surface area (Å²) in [5.74, 6) is -0.936. The van der Waals surface area contributed by atoms with Crippen molar-refractivity contribution in [3.63, 3.8) is 0 Å². The van der Waals surface area contributed by atoms with Crippen LogP contribution in [-0.4, -0.2) is 67.5 Å². The van der Waals surface area contributed by atoms with Crippen LogP contribution in [0.3, 0.4) is 0 Å². The van der Waals surface area contributed by atoms with Gasteiger partial charge in [0.05, 0.1) is 18.6 Å². The zero-order valence-electron chi connectivity index (χ0n) is 11.0. The van der Waals surface area contributed by atoms with Crippen LogP contribution in [0.15, 0.2) is 0 Å². The quantitative estimate of drug-likeness (QED) is 0.775. The zero-order chi connectivity index (χ0) is 14.1. The highest BCUT2D eigenvalue weighted by Crippen LogP contribution is 2.31. The Hall–Kier alpha value is -0.700. The molecular weight excluding hydrogens is 272 g/mol. The van der Waals surface area contributed by atoms with Crippen LogP contribution in [0, 0.1) is 5.41 Å². The Balaban J connectivity index is 2.14. The van der Waals surface area contributed by atoms with Gasteiger partial charge in [0.1, 0.15) is 0 Å². The molecule has 0 saturated carbocycles. The number of piperidine rings is 1. The van der Waals surface area contributed by atoms with Gasteiger partial charge in [-0.15, -0.1) is 0 Å². The molecule has 0 aromatic rings. The highest BCUT2D eigenvalue weighted by Gasteiger charge is 2.43. The number of carbonyl (C=O) groups is 1. The maximum absolute atomic E-state index is 12.5. The van der Waals surface area contributed by atoms with Gasteiger partial charge in [0.2, 0.25) is 0 Å². The number of ether oxygens (including phenoxy) is 1. The number of hydrogen-bond acceptors (Lipinski definition) is 4. The van der Waals surface area contributed by atoms with Crippen LogP contribution in [0.5, 0.6) is 0 Å². The Kier molecular flexibility index (Phi) is 4.14. The fourth-order valence-corrected chi connectivity index (χ4v) is 4.25. The van der Waals surface area contributed by atoms with Crippen LogP contribution in [0.25, 0.3) is 0 Å². The van der Waals surface area contributed by atoms with Crippen LogP contribution in [-0.2, 0) is 19.7 Å². The van der Waals surface area contributed by atoms with E-state index in [-0.39, 0.29) is 6.54 Å². The molecular formula is C11H20N2O5S. The molecule has 2 fully saturated rings. The van der Waals surface area contributed by atoms with Gasteiger partial charge in [0.25, 0.3) is 10.2 Å². The summed E-state index contributed by atoms with van der Waals surface area (Å²) in [5.41, 5.74) is -0.988. The van der Waals surface area contributed by atoms with E-state index in [1.807, 2.05) is 0 Å². The Bertz CT molecular complexity index is 446. The van der Waals surface area contributed by atoms with Crippen LogP contribution in [0.4, 0.5) is 0 Å². The molecule has 0 aliphatic carbocycles. The van der Waals surface area contributed by atoms with E-state index in [1.165, 1.54) is 8.61 Å². The van der Waals surface area contributed by atoms with Crippen LogP contribution >= 0.6 is 0 Å². The Morgan fingerprint density at radius 3 is 2.42 bits per heavy atom. The van der Waals surface area contributed by atoms with Crippen molar-refractivity contribution in [2.75, 3.05) is 39.4 Å². The van der Waals surface area contributed by atoms with E-state index in [4.69, 9.17) is 4.74 Å². The van der Waals surface area contributed by atoms with E-state index in [0.717, 1.165) is 0 Å². The average molecular weight is 292 g/mol. The summed E-state index contributed by atoms with van der Waals surface area (Å²) in [7, 11) is -3.57. The third-order valence-corrected chi connectivity index (χ3v) is 5.78. The van der Waals surface area contributed by atoms with E-state index < -0.39 is 21.6 Å². The Labute approximate surface area is 113 Å². The van der Waals surface area contributed by atoms with Crippen LogP contribution in [0.2, 0.25) is 0 Å². The molecule has 0 amide bonds. The second-order valence-electron chi connectivity index (χ2n) is 5.32. The average Bonchev–Trinajstić information content (AvgIpc) is 2.39. The minimum absolute atomic E-state index is 0.0437. The molecule has 2 saturated heterocycles. The standard InChI is InChI=1S/C11H20N2O5S/c1-11(10(14)15)3-2-4-13(9-11)19(16,17)12-5-7-18-8-6-12/h2-9H2,1H3,(H,14,15). The van der Waals surface area contributed by atoms with E-state index in [0.29, 0.717) is 45.7 Å².